The van der Waals surface area contributed by atoms with E-state index in [1.54, 1.807) is 4.90 Å². The van der Waals surface area contributed by atoms with Crippen LogP contribution >= 0.6 is 0 Å². The van der Waals surface area contributed by atoms with Crippen molar-refractivity contribution in [3.63, 3.8) is 0 Å². The van der Waals surface area contributed by atoms with E-state index < -0.39 is 0 Å². The van der Waals surface area contributed by atoms with Crippen LogP contribution in [0, 0.1) is 17.8 Å². The summed E-state index contributed by atoms with van der Waals surface area (Å²) in [5, 5.41) is 3.36. The molecule has 1 heterocycles. The summed E-state index contributed by atoms with van der Waals surface area (Å²) in [6.07, 6.45) is 9.24. The van der Waals surface area contributed by atoms with Crippen molar-refractivity contribution in [2.24, 2.45) is 17.8 Å². The maximum absolute atomic E-state index is 12.4. The zero-order valence-electron chi connectivity index (χ0n) is 12.4. The van der Waals surface area contributed by atoms with Crippen LogP contribution in [0.1, 0.15) is 51.4 Å². The van der Waals surface area contributed by atoms with Crippen LogP contribution in [0.15, 0.2) is 0 Å². The van der Waals surface area contributed by atoms with Crippen LogP contribution < -0.4 is 5.32 Å². The third-order valence-electron chi connectivity index (χ3n) is 5.65. The number of nitrogens with zero attached hydrogens (tertiary/aromatic N) is 1. The smallest absolute Gasteiger partial charge is 0.233 e. The molecule has 112 valence electrons. The highest BCUT2D eigenvalue weighted by molar-refractivity contribution is 6.05. The number of rotatable bonds is 4. The first-order valence-electron chi connectivity index (χ1n) is 8.25. The fourth-order valence-electron chi connectivity index (χ4n) is 4.45. The lowest BCUT2D eigenvalue weighted by molar-refractivity contribution is -0.141. The number of imide groups is 1. The van der Waals surface area contributed by atoms with Crippen LogP contribution in [0.3, 0.4) is 0 Å². The molecule has 4 heteroatoms. The molecule has 3 fully saturated rings. The van der Waals surface area contributed by atoms with Gasteiger partial charge in [-0.1, -0.05) is 25.7 Å². The summed E-state index contributed by atoms with van der Waals surface area (Å²) >= 11 is 0. The molecular formula is C16H26N2O2. The minimum Gasteiger partial charge on any atom is -0.315 e. The molecule has 3 unspecified atom stereocenters. The molecule has 2 amide bonds. The van der Waals surface area contributed by atoms with Gasteiger partial charge in [0.25, 0.3) is 0 Å². The van der Waals surface area contributed by atoms with Gasteiger partial charge in [0, 0.05) is 12.6 Å². The largest absolute Gasteiger partial charge is 0.315 e. The van der Waals surface area contributed by atoms with Gasteiger partial charge in [0.05, 0.1) is 11.8 Å². The van der Waals surface area contributed by atoms with Gasteiger partial charge >= 0.3 is 0 Å². The van der Waals surface area contributed by atoms with Crippen molar-refractivity contribution in [2.75, 3.05) is 13.6 Å². The van der Waals surface area contributed by atoms with E-state index in [1.165, 1.54) is 32.1 Å². The van der Waals surface area contributed by atoms with E-state index in [0.29, 0.717) is 12.5 Å². The Balaban J connectivity index is 1.66. The van der Waals surface area contributed by atoms with E-state index in [0.717, 1.165) is 19.3 Å². The number of amides is 2. The first-order chi connectivity index (χ1) is 9.72. The summed E-state index contributed by atoms with van der Waals surface area (Å²) in [5.74, 6) is 0.842. The second-order valence-corrected chi connectivity index (χ2v) is 6.72. The molecule has 1 aliphatic heterocycles. The minimum atomic E-state index is 0.00589. The first-order valence-corrected chi connectivity index (χ1v) is 8.25. The van der Waals surface area contributed by atoms with Crippen molar-refractivity contribution in [1.29, 1.82) is 0 Å². The Bertz CT molecular complexity index is 368. The van der Waals surface area contributed by atoms with Gasteiger partial charge in [-0.3, -0.25) is 14.5 Å². The van der Waals surface area contributed by atoms with Crippen molar-refractivity contribution in [2.45, 2.75) is 57.4 Å². The molecule has 0 aromatic carbocycles. The summed E-state index contributed by atoms with van der Waals surface area (Å²) in [6, 6.07) is 0.280. The summed E-state index contributed by atoms with van der Waals surface area (Å²) in [4.78, 5) is 26.4. The van der Waals surface area contributed by atoms with Gasteiger partial charge in [0.15, 0.2) is 0 Å². The zero-order valence-corrected chi connectivity index (χ0v) is 12.4. The monoisotopic (exact) mass is 278 g/mol. The summed E-state index contributed by atoms with van der Waals surface area (Å²) in [7, 11) is 1.96. The zero-order chi connectivity index (χ0) is 14.1. The van der Waals surface area contributed by atoms with Gasteiger partial charge in [0.2, 0.25) is 11.8 Å². The van der Waals surface area contributed by atoms with E-state index in [2.05, 4.69) is 5.32 Å². The SMILES string of the molecule is CNC(CN1C(=O)C2CCCC2C1=O)C1CCCCC1. The van der Waals surface area contributed by atoms with Crippen LogP contribution in [-0.4, -0.2) is 36.3 Å². The van der Waals surface area contributed by atoms with Crippen molar-refractivity contribution < 1.29 is 9.59 Å². The van der Waals surface area contributed by atoms with Crippen LogP contribution in [-0.2, 0) is 9.59 Å². The topological polar surface area (TPSA) is 49.4 Å². The maximum Gasteiger partial charge on any atom is 0.233 e. The number of likely N-dealkylation sites (N-methyl/N-ethyl adjacent to an activating group) is 1. The summed E-state index contributed by atoms with van der Waals surface area (Å²) < 4.78 is 0. The molecule has 0 spiro atoms. The molecule has 1 saturated heterocycles. The molecule has 2 aliphatic carbocycles. The third kappa shape index (κ3) is 2.39. The predicted molar refractivity (Wildman–Crippen MR) is 77.0 cm³/mol. The van der Waals surface area contributed by atoms with Crippen molar-refractivity contribution in [3.8, 4) is 0 Å². The Morgan fingerprint density at radius 2 is 1.60 bits per heavy atom. The number of hydrogen-bond donors (Lipinski definition) is 1. The molecule has 20 heavy (non-hydrogen) atoms. The van der Waals surface area contributed by atoms with Gasteiger partial charge in [-0.15, -0.1) is 0 Å². The van der Waals surface area contributed by atoms with Crippen molar-refractivity contribution in [1.82, 2.24) is 10.2 Å². The quantitative estimate of drug-likeness (QED) is 0.800. The lowest BCUT2D eigenvalue weighted by Crippen LogP contribution is -2.47. The molecule has 0 radical (unpaired) electrons. The van der Waals surface area contributed by atoms with Gasteiger partial charge in [-0.2, -0.15) is 0 Å². The number of hydrogen-bond acceptors (Lipinski definition) is 3. The number of fused-ring (bicyclic) bond motifs is 1. The van der Waals surface area contributed by atoms with Crippen LogP contribution in [0.5, 0.6) is 0 Å². The highest BCUT2D eigenvalue weighted by atomic mass is 16.2. The fraction of sp³-hybridized carbons (Fsp3) is 0.875. The van der Waals surface area contributed by atoms with E-state index in [-0.39, 0.29) is 29.7 Å². The van der Waals surface area contributed by atoms with E-state index in [1.807, 2.05) is 7.05 Å². The second-order valence-electron chi connectivity index (χ2n) is 6.72. The van der Waals surface area contributed by atoms with Crippen LogP contribution in [0.2, 0.25) is 0 Å². The number of nitrogens with one attached hydrogen (secondary N) is 1. The molecule has 2 saturated carbocycles. The summed E-state index contributed by atoms with van der Waals surface area (Å²) in [6.45, 7) is 0.589. The van der Waals surface area contributed by atoms with Crippen LogP contribution in [0.25, 0.3) is 0 Å². The second kappa shape index (κ2) is 5.84. The van der Waals surface area contributed by atoms with E-state index in [9.17, 15) is 9.59 Å². The molecule has 0 bridgehead atoms. The maximum atomic E-state index is 12.4. The van der Waals surface area contributed by atoms with Gasteiger partial charge in [-0.25, -0.2) is 0 Å². The Labute approximate surface area is 121 Å². The lowest BCUT2D eigenvalue weighted by atomic mass is 9.83. The Morgan fingerprint density at radius 3 is 2.15 bits per heavy atom. The fourth-order valence-corrected chi connectivity index (χ4v) is 4.45. The Morgan fingerprint density at radius 1 is 1.00 bits per heavy atom. The van der Waals surface area contributed by atoms with Gasteiger partial charge in [-0.05, 0) is 38.6 Å². The molecule has 3 atom stereocenters. The first kappa shape index (κ1) is 14.1. The molecular weight excluding hydrogens is 252 g/mol. The molecule has 4 nitrogen and oxygen atoms in total. The predicted octanol–water partition coefficient (Wildman–Crippen LogP) is 1.94. The standard InChI is InChI=1S/C16H26N2O2/c1-17-14(11-6-3-2-4-7-11)10-18-15(19)12-8-5-9-13(12)16(18)20/h11-14,17H,2-10H2,1H3. The van der Waals surface area contributed by atoms with E-state index >= 15 is 0 Å². The molecule has 3 aliphatic rings. The van der Waals surface area contributed by atoms with Gasteiger partial charge < -0.3 is 5.32 Å². The Kier molecular flexibility index (Phi) is 4.11. The van der Waals surface area contributed by atoms with Crippen LogP contribution in [0.4, 0.5) is 0 Å². The number of carbonyl (C=O) groups is 2. The highest BCUT2D eigenvalue weighted by Crippen LogP contribution is 2.40. The Hall–Kier alpha value is -0.900. The average Bonchev–Trinajstić information content (AvgIpc) is 3.04. The number of carbonyl (C=O) groups excluding carboxylic acids is 2. The molecule has 0 aromatic heterocycles. The lowest BCUT2D eigenvalue weighted by Gasteiger charge is -2.32. The molecule has 1 N–H and O–H groups in total. The number of likely N-dealkylation sites (tertiary alicyclic amines) is 1. The average molecular weight is 278 g/mol. The third-order valence-corrected chi connectivity index (χ3v) is 5.65. The molecule has 0 aromatic rings. The van der Waals surface area contributed by atoms with E-state index in [4.69, 9.17) is 0 Å². The minimum absolute atomic E-state index is 0.00589. The highest BCUT2D eigenvalue weighted by Gasteiger charge is 2.50. The normalized spacial score (nSPS) is 32.8. The summed E-state index contributed by atoms with van der Waals surface area (Å²) in [5.41, 5.74) is 0. The van der Waals surface area contributed by atoms with Gasteiger partial charge in [0.1, 0.15) is 0 Å². The van der Waals surface area contributed by atoms with Crippen molar-refractivity contribution >= 4 is 11.8 Å². The van der Waals surface area contributed by atoms with Crippen molar-refractivity contribution in [3.05, 3.63) is 0 Å². The molecule has 3 rings (SSSR count).